The van der Waals surface area contributed by atoms with Crippen molar-refractivity contribution in [3.05, 3.63) is 35.5 Å². The fourth-order valence-corrected chi connectivity index (χ4v) is 1.48. The fourth-order valence-electron chi connectivity index (χ4n) is 1.48. The zero-order chi connectivity index (χ0) is 9.68. The highest BCUT2D eigenvalue weighted by Crippen LogP contribution is 2.22. The molecule has 0 saturated heterocycles. The Morgan fingerprint density at radius 2 is 2.00 bits per heavy atom. The van der Waals surface area contributed by atoms with E-state index in [1.54, 1.807) is 0 Å². The molecule has 0 amide bonds. The molecule has 0 radical (unpaired) electrons. The average molecular weight is 176 g/mol. The maximum Gasteiger partial charge on any atom is 0.158 e. The molecular formula is C12H16O. The molecule has 1 rings (SSSR count). The molecule has 1 aliphatic rings. The minimum atomic E-state index is 0.311. The lowest BCUT2D eigenvalue weighted by molar-refractivity contribution is -0.116. The van der Waals surface area contributed by atoms with Gasteiger partial charge in [0.25, 0.3) is 0 Å². The third kappa shape index (κ3) is 2.69. The molecular weight excluding hydrogens is 160 g/mol. The molecule has 1 nitrogen and oxygen atoms in total. The Morgan fingerprint density at radius 3 is 2.69 bits per heavy atom. The number of hydrogen-bond acceptors (Lipinski definition) is 1. The van der Waals surface area contributed by atoms with Crippen molar-refractivity contribution >= 4 is 5.78 Å². The first-order valence-electron chi connectivity index (χ1n) is 4.78. The van der Waals surface area contributed by atoms with Gasteiger partial charge in [0, 0.05) is 6.42 Å². The van der Waals surface area contributed by atoms with Crippen LogP contribution < -0.4 is 0 Å². The number of carbonyl (C=O) groups is 1. The van der Waals surface area contributed by atoms with Crippen molar-refractivity contribution in [2.75, 3.05) is 0 Å². The van der Waals surface area contributed by atoms with Gasteiger partial charge in [0.15, 0.2) is 5.78 Å². The second-order valence-corrected chi connectivity index (χ2v) is 3.31. The van der Waals surface area contributed by atoms with Crippen LogP contribution in [0.15, 0.2) is 35.5 Å². The average Bonchev–Trinajstić information content (AvgIpc) is 2.13. The van der Waals surface area contributed by atoms with Crippen molar-refractivity contribution in [2.24, 2.45) is 0 Å². The summed E-state index contributed by atoms with van der Waals surface area (Å²) in [5.41, 5.74) is 2.15. The van der Waals surface area contributed by atoms with Crippen molar-refractivity contribution in [3.63, 3.8) is 0 Å². The van der Waals surface area contributed by atoms with Gasteiger partial charge in [-0.3, -0.25) is 4.79 Å². The molecule has 0 aromatic carbocycles. The van der Waals surface area contributed by atoms with Crippen molar-refractivity contribution in [3.8, 4) is 0 Å². The molecule has 0 saturated carbocycles. The number of Topliss-reactive ketones (excluding diaryl/α,β-unsaturated/α-hetero) is 1. The number of ketones is 1. The second kappa shape index (κ2) is 4.80. The van der Waals surface area contributed by atoms with Gasteiger partial charge in [-0.15, -0.1) is 0 Å². The van der Waals surface area contributed by atoms with Gasteiger partial charge < -0.3 is 0 Å². The maximum absolute atomic E-state index is 11.3. The normalized spacial score (nSPS) is 19.4. The number of allylic oxidation sites excluding steroid dienone is 6. The van der Waals surface area contributed by atoms with Crippen molar-refractivity contribution in [1.82, 2.24) is 0 Å². The van der Waals surface area contributed by atoms with Crippen LogP contribution in [0.4, 0.5) is 0 Å². The van der Waals surface area contributed by atoms with E-state index in [0.717, 1.165) is 24.8 Å². The van der Waals surface area contributed by atoms with E-state index < -0.39 is 0 Å². The molecule has 1 aliphatic carbocycles. The molecule has 0 aromatic rings. The van der Waals surface area contributed by atoms with Crippen molar-refractivity contribution in [2.45, 2.75) is 33.1 Å². The lowest BCUT2D eigenvalue weighted by Gasteiger charge is -2.12. The molecule has 0 heterocycles. The molecule has 1 heteroatoms. The Kier molecular flexibility index (Phi) is 3.69. The summed E-state index contributed by atoms with van der Waals surface area (Å²) in [7, 11) is 0. The SMILES string of the molecule is C/C=C/C=C/C1=C(C)C(=O)CCC1. The minimum absolute atomic E-state index is 0.311. The minimum Gasteiger partial charge on any atom is -0.295 e. The topological polar surface area (TPSA) is 17.1 Å². The number of carbonyl (C=O) groups excluding carboxylic acids is 1. The van der Waals surface area contributed by atoms with Gasteiger partial charge in [-0.2, -0.15) is 0 Å². The maximum atomic E-state index is 11.3. The second-order valence-electron chi connectivity index (χ2n) is 3.31. The summed E-state index contributed by atoms with van der Waals surface area (Å²) in [5, 5.41) is 0. The van der Waals surface area contributed by atoms with Crippen LogP contribution in [0, 0.1) is 0 Å². The van der Waals surface area contributed by atoms with Gasteiger partial charge in [-0.05, 0) is 37.8 Å². The van der Waals surface area contributed by atoms with E-state index in [0.29, 0.717) is 5.78 Å². The van der Waals surface area contributed by atoms with E-state index in [2.05, 4.69) is 0 Å². The van der Waals surface area contributed by atoms with E-state index in [9.17, 15) is 4.79 Å². The van der Waals surface area contributed by atoms with Crippen LogP contribution >= 0.6 is 0 Å². The fraction of sp³-hybridized carbons (Fsp3) is 0.417. The predicted molar refractivity (Wildman–Crippen MR) is 55.5 cm³/mol. The van der Waals surface area contributed by atoms with Gasteiger partial charge >= 0.3 is 0 Å². The van der Waals surface area contributed by atoms with Crippen LogP contribution in [0.1, 0.15) is 33.1 Å². The van der Waals surface area contributed by atoms with Crippen LogP contribution in [0.25, 0.3) is 0 Å². The predicted octanol–water partition coefficient (Wildman–Crippen LogP) is 3.19. The third-order valence-electron chi connectivity index (χ3n) is 2.35. The zero-order valence-corrected chi connectivity index (χ0v) is 8.34. The highest BCUT2D eigenvalue weighted by atomic mass is 16.1. The summed E-state index contributed by atoms with van der Waals surface area (Å²) in [6, 6.07) is 0. The summed E-state index contributed by atoms with van der Waals surface area (Å²) in [6.07, 6.45) is 10.8. The first-order chi connectivity index (χ1) is 6.25. The van der Waals surface area contributed by atoms with Gasteiger partial charge in [0.1, 0.15) is 0 Å². The molecule has 70 valence electrons. The van der Waals surface area contributed by atoms with Gasteiger partial charge in [-0.25, -0.2) is 0 Å². The summed E-state index contributed by atoms with van der Waals surface area (Å²) < 4.78 is 0. The highest BCUT2D eigenvalue weighted by Gasteiger charge is 2.13. The third-order valence-corrected chi connectivity index (χ3v) is 2.35. The van der Waals surface area contributed by atoms with Crippen LogP contribution in [0.2, 0.25) is 0 Å². The Hall–Kier alpha value is -1.11. The molecule has 0 bridgehead atoms. The molecule has 0 aromatic heterocycles. The quantitative estimate of drug-likeness (QED) is 0.590. The van der Waals surface area contributed by atoms with Crippen LogP contribution in [0.5, 0.6) is 0 Å². The lowest BCUT2D eigenvalue weighted by Crippen LogP contribution is -2.07. The number of hydrogen-bond donors (Lipinski definition) is 0. The van der Waals surface area contributed by atoms with Crippen LogP contribution in [-0.4, -0.2) is 5.78 Å². The Labute approximate surface area is 79.8 Å². The molecule has 0 unspecified atom stereocenters. The first kappa shape index (κ1) is 9.97. The summed E-state index contributed by atoms with van der Waals surface area (Å²) in [6.45, 7) is 3.91. The standard InChI is InChI=1S/C12H16O/c1-3-4-5-7-11-8-6-9-12(13)10(11)2/h3-5,7H,6,8-9H2,1-2H3/b4-3+,7-5+. The highest BCUT2D eigenvalue weighted by molar-refractivity contribution is 5.96. The van der Waals surface area contributed by atoms with Crippen molar-refractivity contribution < 1.29 is 4.79 Å². The van der Waals surface area contributed by atoms with E-state index in [4.69, 9.17) is 0 Å². The summed E-state index contributed by atoms with van der Waals surface area (Å²) in [5.74, 6) is 0.311. The Morgan fingerprint density at radius 1 is 1.23 bits per heavy atom. The smallest absolute Gasteiger partial charge is 0.158 e. The van der Waals surface area contributed by atoms with Crippen LogP contribution in [0.3, 0.4) is 0 Å². The number of rotatable bonds is 2. The molecule has 13 heavy (non-hydrogen) atoms. The molecule has 0 spiro atoms. The van der Waals surface area contributed by atoms with Gasteiger partial charge in [-0.1, -0.05) is 24.3 Å². The van der Waals surface area contributed by atoms with Gasteiger partial charge in [0.2, 0.25) is 0 Å². The monoisotopic (exact) mass is 176 g/mol. The van der Waals surface area contributed by atoms with E-state index in [1.165, 1.54) is 5.57 Å². The van der Waals surface area contributed by atoms with E-state index in [1.807, 2.05) is 38.2 Å². The molecule has 0 aliphatic heterocycles. The molecule has 0 N–H and O–H groups in total. The van der Waals surface area contributed by atoms with E-state index >= 15 is 0 Å². The van der Waals surface area contributed by atoms with Crippen LogP contribution in [-0.2, 0) is 4.79 Å². The van der Waals surface area contributed by atoms with Gasteiger partial charge in [0.05, 0.1) is 0 Å². The van der Waals surface area contributed by atoms with E-state index in [-0.39, 0.29) is 0 Å². The summed E-state index contributed by atoms with van der Waals surface area (Å²) >= 11 is 0. The lowest BCUT2D eigenvalue weighted by atomic mass is 9.91. The molecule has 0 fully saturated rings. The zero-order valence-electron chi connectivity index (χ0n) is 8.34. The molecule has 0 atom stereocenters. The first-order valence-corrected chi connectivity index (χ1v) is 4.78. The summed E-state index contributed by atoms with van der Waals surface area (Å²) in [4.78, 5) is 11.3. The Bertz CT molecular complexity index is 279. The Balaban J connectivity index is 2.77. The largest absolute Gasteiger partial charge is 0.295 e. The van der Waals surface area contributed by atoms with Crippen molar-refractivity contribution in [1.29, 1.82) is 0 Å².